The number of ether oxygens (including phenoxy) is 1. The van der Waals surface area contributed by atoms with E-state index in [1.54, 1.807) is 11.6 Å². The van der Waals surface area contributed by atoms with Gasteiger partial charge in [-0.2, -0.15) is 4.98 Å². The summed E-state index contributed by atoms with van der Waals surface area (Å²) in [5.74, 6) is 1.84. The largest absolute Gasteiger partial charge is 0.489 e. The van der Waals surface area contributed by atoms with E-state index in [-0.39, 0.29) is 5.78 Å². The molecule has 0 aliphatic carbocycles. The van der Waals surface area contributed by atoms with Crippen molar-refractivity contribution in [1.82, 2.24) is 14.8 Å². The summed E-state index contributed by atoms with van der Waals surface area (Å²) in [4.78, 5) is 17.7. The second-order valence-corrected chi connectivity index (χ2v) is 11.3. The van der Waals surface area contributed by atoms with Crippen LogP contribution in [0.25, 0.3) is 0 Å². The van der Waals surface area contributed by atoms with Gasteiger partial charge < -0.3 is 10.1 Å². The number of aromatic nitrogens is 3. The molecule has 9 heteroatoms. The topological polar surface area (TPSA) is 69.0 Å². The molecule has 1 unspecified atom stereocenters. The van der Waals surface area contributed by atoms with Crippen molar-refractivity contribution in [1.29, 1.82) is 0 Å². The van der Waals surface area contributed by atoms with Gasteiger partial charge in [0.05, 0.1) is 0 Å². The lowest BCUT2D eigenvalue weighted by molar-refractivity contribution is -0.114. The number of carbonyl (C=O) groups excluding carboxylic acids is 1. The number of fused-ring (bicyclic) bond motifs is 1. The van der Waals surface area contributed by atoms with Crippen molar-refractivity contribution in [2.45, 2.75) is 44.3 Å². The molecule has 194 valence electrons. The predicted molar refractivity (Wildman–Crippen MR) is 156 cm³/mol. The summed E-state index contributed by atoms with van der Waals surface area (Å²) >= 11 is 11.5. The highest BCUT2D eigenvalue weighted by atomic mass is 79.9. The van der Waals surface area contributed by atoms with Crippen molar-refractivity contribution >= 4 is 51.0 Å². The molecule has 0 saturated carbocycles. The van der Waals surface area contributed by atoms with Crippen LogP contribution in [-0.4, -0.2) is 20.5 Å². The van der Waals surface area contributed by atoms with Crippen LogP contribution in [-0.2, 0) is 17.2 Å². The van der Waals surface area contributed by atoms with Crippen molar-refractivity contribution < 1.29 is 9.53 Å². The molecule has 0 spiro atoms. The van der Waals surface area contributed by atoms with Crippen LogP contribution in [0.5, 0.6) is 5.75 Å². The molecule has 1 aromatic heterocycles. The van der Waals surface area contributed by atoms with Gasteiger partial charge in [-0.05, 0) is 61.7 Å². The van der Waals surface area contributed by atoms with Crippen LogP contribution >= 0.6 is 39.3 Å². The standard InChI is InChI=1S/C29H26BrClN4O2S/c1-17-8-4-5-9-20(17)15-37-25-13-12-22(30)14-23(25)27-26(19(3)36)18(2)32-28-33-29(34-35(27)28)38-16-21-10-6-7-11-24(21)31/h4-14,27H,15-16H2,1-3H3,(H,32,33,34). The van der Waals surface area contributed by atoms with Crippen molar-refractivity contribution in [3.63, 3.8) is 0 Å². The SMILES string of the molecule is CC(=O)C1=C(C)Nc2nc(SCc3ccccc3Cl)nn2C1c1cc(Br)ccc1OCc1ccccc1C. The smallest absolute Gasteiger partial charge is 0.227 e. The number of allylic oxidation sites excluding steroid dienone is 2. The molecule has 5 rings (SSSR count). The third-order valence-corrected chi connectivity index (χ3v) is 8.19. The molecular weight excluding hydrogens is 584 g/mol. The minimum absolute atomic E-state index is 0.0451. The fraction of sp³-hybridized carbons (Fsp3) is 0.207. The lowest BCUT2D eigenvalue weighted by atomic mass is 9.92. The van der Waals surface area contributed by atoms with Crippen molar-refractivity contribution in [3.05, 3.63) is 110 Å². The van der Waals surface area contributed by atoms with Crippen molar-refractivity contribution in [3.8, 4) is 5.75 Å². The van der Waals surface area contributed by atoms with Gasteiger partial charge in [0.2, 0.25) is 11.1 Å². The molecule has 38 heavy (non-hydrogen) atoms. The van der Waals surface area contributed by atoms with Gasteiger partial charge >= 0.3 is 0 Å². The Balaban J connectivity index is 1.52. The summed E-state index contributed by atoms with van der Waals surface area (Å²) in [6.07, 6.45) is 0. The quantitative estimate of drug-likeness (QED) is 0.206. The van der Waals surface area contributed by atoms with Gasteiger partial charge in [0.25, 0.3) is 0 Å². The Labute approximate surface area is 239 Å². The number of nitrogens with one attached hydrogen (secondary N) is 1. The monoisotopic (exact) mass is 608 g/mol. The number of hydrogen-bond donors (Lipinski definition) is 1. The van der Waals surface area contributed by atoms with Crippen LogP contribution in [0.15, 0.2) is 87.6 Å². The molecule has 0 amide bonds. The van der Waals surface area contributed by atoms with Gasteiger partial charge in [-0.1, -0.05) is 81.8 Å². The van der Waals surface area contributed by atoms with E-state index in [1.165, 1.54) is 11.8 Å². The van der Waals surface area contributed by atoms with Crippen molar-refractivity contribution in [2.24, 2.45) is 0 Å². The average molecular weight is 610 g/mol. The van der Waals surface area contributed by atoms with E-state index in [0.29, 0.717) is 39.8 Å². The number of carbonyl (C=O) groups is 1. The number of Topliss-reactive ketones (excluding diaryl/α,β-unsaturated/α-hetero) is 1. The Hall–Kier alpha value is -3.07. The Morgan fingerprint density at radius 2 is 1.84 bits per heavy atom. The maximum atomic E-state index is 12.9. The summed E-state index contributed by atoms with van der Waals surface area (Å²) in [6.45, 7) is 5.95. The first kappa shape index (κ1) is 26.5. The number of thioether (sulfide) groups is 1. The number of hydrogen-bond acceptors (Lipinski definition) is 6. The van der Waals surface area contributed by atoms with Gasteiger partial charge in [-0.15, -0.1) is 5.10 Å². The molecule has 1 aliphatic heterocycles. The molecule has 1 aliphatic rings. The first-order valence-electron chi connectivity index (χ1n) is 12.1. The van der Waals surface area contributed by atoms with Crippen LogP contribution in [0.2, 0.25) is 5.02 Å². The second kappa shape index (κ2) is 11.4. The summed E-state index contributed by atoms with van der Waals surface area (Å²) in [5.41, 5.74) is 5.46. The van der Waals surface area contributed by atoms with Crippen LogP contribution in [0.4, 0.5) is 5.95 Å². The van der Waals surface area contributed by atoms with E-state index in [0.717, 1.165) is 32.4 Å². The zero-order valence-electron chi connectivity index (χ0n) is 21.2. The molecule has 0 radical (unpaired) electrons. The average Bonchev–Trinajstić information content (AvgIpc) is 3.29. The van der Waals surface area contributed by atoms with Crippen molar-refractivity contribution in [2.75, 3.05) is 5.32 Å². The fourth-order valence-corrected chi connectivity index (χ4v) is 5.98. The summed E-state index contributed by atoms with van der Waals surface area (Å²) < 4.78 is 9.02. The number of anilines is 1. The minimum Gasteiger partial charge on any atom is -0.489 e. The van der Waals surface area contributed by atoms with Gasteiger partial charge in [0.15, 0.2) is 5.78 Å². The van der Waals surface area contributed by atoms with E-state index in [2.05, 4.69) is 40.3 Å². The van der Waals surface area contributed by atoms with Gasteiger partial charge in [0, 0.05) is 32.1 Å². The highest BCUT2D eigenvalue weighted by Crippen LogP contribution is 2.41. The Morgan fingerprint density at radius 1 is 1.11 bits per heavy atom. The molecule has 2 heterocycles. The van der Waals surface area contributed by atoms with Crippen LogP contribution < -0.4 is 10.1 Å². The Bertz CT molecular complexity index is 1550. The molecule has 1 atom stereocenters. The maximum absolute atomic E-state index is 12.9. The molecule has 1 N–H and O–H groups in total. The highest BCUT2D eigenvalue weighted by molar-refractivity contribution is 9.10. The minimum atomic E-state index is -0.504. The number of aryl methyl sites for hydroxylation is 1. The number of benzene rings is 3. The first-order valence-corrected chi connectivity index (χ1v) is 14.3. The van der Waals surface area contributed by atoms with Crippen LogP contribution in [0, 0.1) is 6.92 Å². The zero-order chi connectivity index (χ0) is 26.8. The summed E-state index contributed by atoms with van der Waals surface area (Å²) in [5, 5.41) is 9.41. The normalized spacial score (nSPS) is 14.7. The number of ketones is 1. The zero-order valence-corrected chi connectivity index (χ0v) is 24.3. The number of rotatable bonds is 8. The first-order chi connectivity index (χ1) is 18.3. The molecule has 4 aromatic rings. The molecule has 3 aromatic carbocycles. The summed E-state index contributed by atoms with van der Waals surface area (Å²) in [6, 6.07) is 21.2. The van der Waals surface area contributed by atoms with Gasteiger partial charge in [-0.3, -0.25) is 4.79 Å². The number of nitrogens with zero attached hydrogens (tertiary/aromatic N) is 3. The lowest BCUT2D eigenvalue weighted by Crippen LogP contribution is -2.28. The molecule has 6 nitrogen and oxygen atoms in total. The van der Waals surface area contributed by atoms with Gasteiger partial charge in [0.1, 0.15) is 18.4 Å². The van der Waals surface area contributed by atoms with E-state index in [1.807, 2.05) is 61.5 Å². The summed E-state index contributed by atoms with van der Waals surface area (Å²) in [7, 11) is 0. The lowest BCUT2D eigenvalue weighted by Gasteiger charge is -2.29. The molecular formula is C29H26BrClN4O2S. The molecule has 0 fully saturated rings. The second-order valence-electron chi connectivity index (χ2n) is 9.06. The predicted octanol–water partition coefficient (Wildman–Crippen LogP) is 7.75. The maximum Gasteiger partial charge on any atom is 0.227 e. The Morgan fingerprint density at radius 3 is 2.58 bits per heavy atom. The fourth-order valence-electron chi connectivity index (χ4n) is 4.49. The van der Waals surface area contributed by atoms with Gasteiger partial charge in [-0.25, -0.2) is 4.68 Å². The number of halogens is 2. The third kappa shape index (κ3) is 5.53. The third-order valence-electron chi connectivity index (χ3n) is 6.44. The van der Waals surface area contributed by atoms with Crippen LogP contribution in [0.1, 0.15) is 42.1 Å². The highest BCUT2D eigenvalue weighted by Gasteiger charge is 2.34. The van der Waals surface area contributed by atoms with E-state index in [4.69, 9.17) is 26.4 Å². The van der Waals surface area contributed by atoms with E-state index < -0.39 is 6.04 Å². The Kier molecular flexibility index (Phi) is 7.93. The van der Waals surface area contributed by atoms with E-state index in [9.17, 15) is 4.79 Å². The van der Waals surface area contributed by atoms with E-state index >= 15 is 0 Å². The van der Waals surface area contributed by atoms with Crippen LogP contribution in [0.3, 0.4) is 0 Å². The molecule has 0 saturated heterocycles. The molecule has 0 bridgehead atoms.